The van der Waals surface area contributed by atoms with E-state index >= 15 is 0 Å². The van der Waals surface area contributed by atoms with Crippen molar-refractivity contribution in [1.29, 1.82) is 0 Å². The molecule has 0 unspecified atom stereocenters. The Kier molecular flexibility index (Phi) is 5.14. The molecule has 1 aromatic heterocycles. The Hall–Kier alpha value is -3.08. The second kappa shape index (κ2) is 7.66. The number of para-hydroxylation sites is 1. The highest BCUT2D eigenvalue weighted by Crippen LogP contribution is 2.18. The smallest absolute Gasteiger partial charge is 0.277 e. The van der Waals surface area contributed by atoms with Crippen LogP contribution in [-0.4, -0.2) is 23.7 Å². The van der Waals surface area contributed by atoms with Gasteiger partial charge in [0.25, 0.3) is 5.91 Å². The predicted octanol–water partition coefficient (Wildman–Crippen LogP) is 3.82. The van der Waals surface area contributed by atoms with E-state index in [2.05, 4.69) is 29.4 Å². The lowest BCUT2D eigenvalue weighted by Gasteiger charge is -2.08. The van der Waals surface area contributed by atoms with Crippen LogP contribution in [0.4, 0.5) is 0 Å². The van der Waals surface area contributed by atoms with E-state index in [1.54, 1.807) is 6.21 Å². The van der Waals surface area contributed by atoms with Gasteiger partial charge in [-0.2, -0.15) is 5.10 Å². The number of rotatable bonds is 6. The van der Waals surface area contributed by atoms with Crippen molar-refractivity contribution in [2.45, 2.75) is 19.8 Å². The van der Waals surface area contributed by atoms with Crippen molar-refractivity contribution in [3.63, 3.8) is 0 Å². The number of ether oxygens (including phenoxy) is 1. The zero-order valence-corrected chi connectivity index (χ0v) is 14.3. The molecule has 0 radical (unpaired) electrons. The average molecular weight is 335 g/mol. The molecule has 25 heavy (non-hydrogen) atoms. The summed E-state index contributed by atoms with van der Waals surface area (Å²) in [4.78, 5) is 15.0. The molecule has 5 nitrogen and oxygen atoms in total. The molecular weight excluding hydrogens is 314 g/mol. The molecular formula is C20H21N3O2. The molecule has 0 aliphatic heterocycles. The van der Waals surface area contributed by atoms with Gasteiger partial charge in [-0.05, 0) is 29.7 Å². The number of carbonyl (C=O) groups is 1. The van der Waals surface area contributed by atoms with E-state index in [0.717, 1.165) is 16.5 Å². The number of carbonyl (C=O) groups excluding carboxylic acids is 1. The molecule has 3 aromatic rings. The maximum atomic E-state index is 11.8. The second-order valence-electron chi connectivity index (χ2n) is 6.10. The monoisotopic (exact) mass is 335 g/mol. The summed E-state index contributed by atoms with van der Waals surface area (Å²) >= 11 is 0. The molecule has 128 valence electrons. The Labute approximate surface area is 146 Å². The van der Waals surface area contributed by atoms with Gasteiger partial charge in [-0.15, -0.1) is 0 Å². The molecule has 0 saturated heterocycles. The highest BCUT2D eigenvalue weighted by Gasteiger charge is 2.04. The number of aromatic nitrogens is 1. The fourth-order valence-corrected chi connectivity index (χ4v) is 2.50. The fourth-order valence-electron chi connectivity index (χ4n) is 2.50. The first-order valence-corrected chi connectivity index (χ1v) is 8.24. The van der Waals surface area contributed by atoms with E-state index in [-0.39, 0.29) is 12.5 Å². The Morgan fingerprint density at radius 2 is 1.96 bits per heavy atom. The minimum absolute atomic E-state index is 0.0771. The number of aromatic amines is 1. The number of fused-ring (bicyclic) bond motifs is 1. The van der Waals surface area contributed by atoms with Gasteiger partial charge < -0.3 is 9.72 Å². The van der Waals surface area contributed by atoms with Crippen molar-refractivity contribution < 1.29 is 9.53 Å². The fraction of sp³-hybridized carbons (Fsp3) is 0.200. The summed E-state index contributed by atoms with van der Waals surface area (Å²) in [5.74, 6) is 0.834. The molecule has 5 heteroatoms. The second-order valence-corrected chi connectivity index (χ2v) is 6.10. The zero-order valence-electron chi connectivity index (χ0n) is 14.3. The van der Waals surface area contributed by atoms with E-state index in [9.17, 15) is 4.79 Å². The molecule has 0 saturated carbocycles. The lowest BCUT2D eigenvalue weighted by Crippen LogP contribution is -2.24. The van der Waals surface area contributed by atoms with Crippen molar-refractivity contribution in [3.8, 4) is 5.75 Å². The van der Waals surface area contributed by atoms with Gasteiger partial charge in [-0.1, -0.05) is 44.2 Å². The first-order valence-electron chi connectivity index (χ1n) is 8.24. The van der Waals surface area contributed by atoms with Crippen LogP contribution >= 0.6 is 0 Å². The van der Waals surface area contributed by atoms with E-state index in [1.165, 1.54) is 5.56 Å². The molecule has 3 rings (SSSR count). The van der Waals surface area contributed by atoms with Crippen LogP contribution in [0.2, 0.25) is 0 Å². The Morgan fingerprint density at radius 3 is 2.72 bits per heavy atom. The van der Waals surface area contributed by atoms with Gasteiger partial charge in [0.2, 0.25) is 0 Å². The molecule has 0 bridgehead atoms. The van der Waals surface area contributed by atoms with Crippen LogP contribution in [0.15, 0.2) is 59.8 Å². The van der Waals surface area contributed by atoms with Crippen molar-refractivity contribution in [1.82, 2.24) is 10.4 Å². The minimum atomic E-state index is -0.302. The number of hydrogen-bond acceptors (Lipinski definition) is 3. The summed E-state index contributed by atoms with van der Waals surface area (Å²) in [7, 11) is 0. The SMILES string of the molecule is CC(C)c1ccc(OCC(=O)NN=Cc2c[nH]c3ccccc23)cc1. The third kappa shape index (κ3) is 4.26. The maximum Gasteiger partial charge on any atom is 0.277 e. The molecule has 0 aliphatic rings. The third-order valence-electron chi connectivity index (χ3n) is 3.93. The highest BCUT2D eigenvalue weighted by atomic mass is 16.5. The largest absolute Gasteiger partial charge is 0.484 e. The predicted molar refractivity (Wildman–Crippen MR) is 100 cm³/mol. The van der Waals surface area contributed by atoms with Crippen molar-refractivity contribution in [2.75, 3.05) is 6.61 Å². The molecule has 2 N–H and O–H groups in total. The summed E-state index contributed by atoms with van der Waals surface area (Å²) < 4.78 is 5.47. The number of nitrogens with one attached hydrogen (secondary N) is 2. The Morgan fingerprint density at radius 1 is 1.20 bits per heavy atom. The lowest BCUT2D eigenvalue weighted by atomic mass is 10.0. The minimum Gasteiger partial charge on any atom is -0.484 e. The van der Waals surface area contributed by atoms with Crippen LogP contribution in [0, 0.1) is 0 Å². The van der Waals surface area contributed by atoms with Gasteiger partial charge in [-0.25, -0.2) is 5.43 Å². The zero-order chi connectivity index (χ0) is 17.6. The standard InChI is InChI=1S/C20H21N3O2/c1-14(2)15-7-9-17(10-8-15)25-13-20(24)23-22-12-16-11-21-19-6-4-3-5-18(16)19/h3-12,14,21H,13H2,1-2H3,(H,23,24). The van der Waals surface area contributed by atoms with Crippen LogP contribution in [0.5, 0.6) is 5.75 Å². The summed E-state index contributed by atoms with van der Waals surface area (Å²) in [5, 5.41) is 5.05. The van der Waals surface area contributed by atoms with E-state index in [0.29, 0.717) is 11.7 Å². The first kappa shape index (κ1) is 16.8. The van der Waals surface area contributed by atoms with E-state index < -0.39 is 0 Å². The Bertz CT molecular complexity index is 879. The van der Waals surface area contributed by atoms with Gasteiger partial charge in [-0.3, -0.25) is 4.79 Å². The number of benzene rings is 2. The summed E-state index contributed by atoms with van der Waals surface area (Å²) in [6.45, 7) is 4.19. The molecule has 1 heterocycles. The number of H-pyrrole nitrogens is 1. The van der Waals surface area contributed by atoms with Crippen LogP contribution in [0.3, 0.4) is 0 Å². The maximum absolute atomic E-state index is 11.8. The first-order chi connectivity index (χ1) is 12.1. The number of hydrogen-bond donors (Lipinski definition) is 2. The van der Waals surface area contributed by atoms with Gasteiger partial charge >= 0.3 is 0 Å². The molecule has 2 aromatic carbocycles. The molecule has 0 aliphatic carbocycles. The Balaban J connectivity index is 1.51. The molecule has 0 fully saturated rings. The molecule has 0 spiro atoms. The normalized spacial score (nSPS) is 11.3. The van der Waals surface area contributed by atoms with Gasteiger partial charge in [0.15, 0.2) is 6.61 Å². The topological polar surface area (TPSA) is 66.5 Å². The van der Waals surface area contributed by atoms with Crippen LogP contribution < -0.4 is 10.2 Å². The van der Waals surface area contributed by atoms with Crippen molar-refractivity contribution in [3.05, 3.63) is 65.9 Å². The molecule has 1 amide bonds. The van der Waals surface area contributed by atoms with Gasteiger partial charge in [0.1, 0.15) is 5.75 Å². The summed E-state index contributed by atoms with van der Waals surface area (Å²) in [6.07, 6.45) is 3.47. The van der Waals surface area contributed by atoms with Gasteiger partial charge in [0.05, 0.1) is 6.21 Å². The van der Waals surface area contributed by atoms with Gasteiger partial charge in [0, 0.05) is 22.7 Å². The van der Waals surface area contributed by atoms with Crippen LogP contribution in [0.25, 0.3) is 10.9 Å². The van der Waals surface area contributed by atoms with Crippen molar-refractivity contribution >= 4 is 23.0 Å². The summed E-state index contributed by atoms with van der Waals surface area (Å²) in [6, 6.07) is 15.7. The lowest BCUT2D eigenvalue weighted by molar-refractivity contribution is -0.123. The van der Waals surface area contributed by atoms with E-state index in [1.807, 2.05) is 54.7 Å². The number of amides is 1. The number of nitrogens with zero attached hydrogens (tertiary/aromatic N) is 1. The average Bonchev–Trinajstić information content (AvgIpc) is 3.04. The number of hydrazone groups is 1. The quantitative estimate of drug-likeness (QED) is 0.531. The molecule has 0 atom stereocenters. The summed E-state index contributed by atoms with van der Waals surface area (Å²) in [5.41, 5.74) is 5.66. The van der Waals surface area contributed by atoms with E-state index in [4.69, 9.17) is 4.74 Å². The van der Waals surface area contributed by atoms with Crippen LogP contribution in [0.1, 0.15) is 30.9 Å². The third-order valence-corrected chi connectivity index (χ3v) is 3.93. The highest BCUT2D eigenvalue weighted by molar-refractivity contribution is 5.99. The van der Waals surface area contributed by atoms with Crippen LogP contribution in [-0.2, 0) is 4.79 Å². The van der Waals surface area contributed by atoms with Crippen molar-refractivity contribution in [2.24, 2.45) is 5.10 Å².